The highest BCUT2D eigenvalue weighted by Gasteiger charge is 2.34. The topological polar surface area (TPSA) is 88.0 Å². The number of amides is 2. The number of hydrogen-bond donors (Lipinski definition) is 3. The smallest absolute Gasteiger partial charge is 0.251 e. The Labute approximate surface area is 158 Å². The van der Waals surface area contributed by atoms with E-state index in [1.54, 1.807) is 4.68 Å². The molecule has 142 valence electrons. The van der Waals surface area contributed by atoms with E-state index in [0.29, 0.717) is 24.7 Å². The normalized spacial score (nSPS) is 21.8. The number of rotatable bonds is 6. The summed E-state index contributed by atoms with van der Waals surface area (Å²) in [6, 6.07) is 7.78. The maximum Gasteiger partial charge on any atom is 0.251 e. The predicted octanol–water partition coefficient (Wildman–Crippen LogP) is 0.932. The maximum absolute atomic E-state index is 12.7. The van der Waals surface area contributed by atoms with E-state index in [-0.39, 0.29) is 23.7 Å². The molecule has 4 rings (SSSR count). The minimum Gasteiger partial charge on any atom is -0.352 e. The van der Waals surface area contributed by atoms with Crippen molar-refractivity contribution in [2.24, 2.45) is 13.0 Å². The fraction of sp³-hybridized carbons (Fsp3) is 0.450. The Morgan fingerprint density at radius 1 is 1.30 bits per heavy atom. The van der Waals surface area contributed by atoms with Crippen LogP contribution in [0.5, 0.6) is 0 Å². The van der Waals surface area contributed by atoms with Crippen molar-refractivity contribution in [1.29, 1.82) is 0 Å². The first-order chi connectivity index (χ1) is 13.1. The van der Waals surface area contributed by atoms with Crippen LogP contribution in [0, 0.1) is 5.92 Å². The van der Waals surface area contributed by atoms with Gasteiger partial charge >= 0.3 is 0 Å². The molecule has 2 aliphatic rings. The zero-order valence-corrected chi connectivity index (χ0v) is 15.4. The van der Waals surface area contributed by atoms with Gasteiger partial charge in [0.25, 0.3) is 5.91 Å². The van der Waals surface area contributed by atoms with Crippen molar-refractivity contribution in [2.75, 3.05) is 13.1 Å². The summed E-state index contributed by atoms with van der Waals surface area (Å²) >= 11 is 0. The molecular formula is C20H25N5O2. The molecule has 27 heavy (non-hydrogen) atoms. The van der Waals surface area contributed by atoms with Gasteiger partial charge in [-0.05, 0) is 36.1 Å². The number of carbonyl (C=O) groups is 2. The highest BCUT2D eigenvalue weighted by atomic mass is 16.2. The first-order valence-corrected chi connectivity index (χ1v) is 9.47. The van der Waals surface area contributed by atoms with Gasteiger partial charge in [0.15, 0.2) is 0 Å². The molecule has 1 aromatic carbocycles. The molecule has 0 spiro atoms. The number of hydrogen-bond acceptors (Lipinski definition) is 4. The second-order valence-electron chi connectivity index (χ2n) is 7.48. The van der Waals surface area contributed by atoms with Crippen LogP contribution >= 0.6 is 0 Å². The fourth-order valence-corrected chi connectivity index (χ4v) is 3.58. The van der Waals surface area contributed by atoms with Gasteiger partial charge in [-0.2, -0.15) is 5.10 Å². The van der Waals surface area contributed by atoms with Crippen LogP contribution in [0.15, 0.2) is 36.7 Å². The number of nitrogens with one attached hydrogen (secondary N) is 3. The Hall–Kier alpha value is -2.67. The van der Waals surface area contributed by atoms with Crippen molar-refractivity contribution in [1.82, 2.24) is 25.7 Å². The SMILES string of the molecule is Cn1cc([C@H]2CNC[C@@H]2C(=O)NCc2cccc(C(=O)NC3CC3)c2)cn1. The molecule has 0 radical (unpaired) electrons. The van der Waals surface area contributed by atoms with E-state index in [9.17, 15) is 9.59 Å². The van der Waals surface area contributed by atoms with Crippen molar-refractivity contribution >= 4 is 11.8 Å². The second-order valence-corrected chi connectivity index (χ2v) is 7.48. The average Bonchev–Trinajstić information content (AvgIpc) is 3.17. The molecule has 3 N–H and O–H groups in total. The Bertz CT molecular complexity index is 842. The van der Waals surface area contributed by atoms with E-state index in [1.165, 1.54) is 0 Å². The van der Waals surface area contributed by atoms with Gasteiger partial charge in [-0.1, -0.05) is 12.1 Å². The van der Waals surface area contributed by atoms with E-state index in [2.05, 4.69) is 21.0 Å². The summed E-state index contributed by atoms with van der Waals surface area (Å²) < 4.78 is 1.76. The molecule has 2 aromatic rings. The lowest BCUT2D eigenvalue weighted by Gasteiger charge is -2.17. The Morgan fingerprint density at radius 3 is 2.89 bits per heavy atom. The van der Waals surface area contributed by atoms with Crippen LogP contribution in [-0.4, -0.2) is 40.7 Å². The van der Waals surface area contributed by atoms with E-state index >= 15 is 0 Å². The molecule has 1 aromatic heterocycles. The van der Waals surface area contributed by atoms with Gasteiger partial charge in [-0.3, -0.25) is 14.3 Å². The first-order valence-electron chi connectivity index (χ1n) is 9.47. The van der Waals surface area contributed by atoms with Gasteiger partial charge in [-0.25, -0.2) is 0 Å². The highest BCUT2D eigenvalue weighted by Crippen LogP contribution is 2.28. The number of benzene rings is 1. The second kappa shape index (κ2) is 7.52. The van der Waals surface area contributed by atoms with Crippen LogP contribution in [0.25, 0.3) is 0 Å². The third-order valence-corrected chi connectivity index (χ3v) is 5.27. The van der Waals surface area contributed by atoms with Crippen LogP contribution in [0.2, 0.25) is 0 Å². The van der Waals surface area contributed by atoms with Crippen molar-refractivity contribution in [3.05, 3.63) is 53.3 Å². The quantitative estimate of drug-likeness (QED) is 0.709. The molecule has 1 aliphatic carbocycles. The van der Waals surface area contributed by atoms with E-state index in [1.807, 2.05) is 43.7 Å². The summed E-state index contributed by atoms with van der Waals surface area (Å²) in [5, 5.41) is 13.5. The third kappa shape index (κ3) is 4.19. The minimum atomic E-state index is -0.115. The van der Waals surface area contributed by atoms with E-state index in [4.69, 9.17) is 0 Å². The van der Waals surface area contributed by atoms with Gasteiger partial charge in [-0.15, -0.1) is 0 Å². The molecular weight excluding hydrogens is 342 g/mol. The van der Waals surface area contributed by atoms with Crippen molar-refractivity contribution in [2.45, 2.75) is 31.3 Å². The summed E-state index contributed by atoms with van der Waals surface area (Å²) in [7, 11) is 1.88. The van der Waals surface area contributed by atoms with Crippen molar-refractivity contribution < 1.29 is 9.59 Å². The van der Waals surface area contributed by atoms with Crippen LogP contribution in [-0.2, 0) is 18.4 Å². The fourth-order valence-electron chi connectivity index (χ4n) is 3.58. The summed E-state index contributed by atoms with van der Waals surface area (Å²) in [5.74, 6) is 0.00824. The molecule has 1 aliphatic heterocycles. The maximum atomic E-state index is 12.7. The molecule has 0 bridgehead atoms. The highest BCUT2D eigenvalue weighted by molar-refractivity contribution is 5.94. The summed E-state index contributed by atoms with van der Waals surface area (Å²) in [6.45, 7) is 1.86. The molecule has 1 saturated carbocycles. The number of carbonyl (C=O) groups excluding carboxylic acids is 2. The molecule has 2 heterocycles. The molecule has 7 nitrogen and oxygen atoms in total. The summed E-state index contributed by atoms with van der Waals surface area (Å²) in [4.78, 5) is 24.9. The molecule has 7 heteroatoms. The van der Waals surface area contributed by atoms with Gasteiger partial charge in [0.2, 0.25) is 5.91 Å². The third-order valence-electron chi connectivity index (χ3n) is 5.27. The molecule has 1 saturated heterocycles. The lowest BCUT2D eigenvalue weighted by Crippen LogP contribution is -2.34. The minimum absolute atomic E-state index is 0.0293. The zero-order chi connectivity index (χ0) is 18.8. The number of aromatic nitrogens is 2. The van der Waals surface area contributed by atoms with Crippen LogP contribution in [0.4, 0.5) is 0 Å². The van der Waals surface area contributed by atoms with Gasteiger partial charge in [0.05, 0.1) is 12.1 Å². The largest absolute Gasteiger partial charge is 0.352 e. The number of aryl methyl sites for hydroxylation is 1. The standard InChI is InChI=1S/C20H25N5O2/c1-25-12-15(9-23-25)17-10-21-11-18(17)20(27)22-8-13-3-2-4-14(7-13)19(26)24-16-5-6-16/h2-4,7,9,12,16-18,21H,5-6,8,10-11H2,1H3,(H,22,27)(H,24,26)/t17-,18+/m1/s1. The lowest BCUT2D eigenvalue weighted by molar-refractivity contribution is -0.125. The molecule has 2 fully saturated rings. The lowest BCUT2D eigenvalue weighted by atomic mass is 9.90. The average molecular weight is 367 g/mol. The van der Waals surface area contributed by atoms with Gasteiger partial charge in [0.1, 0.15) is 0 Å². The zero-order valence-electron chi connectivity index (χ0n) is 15.4. The Morgan fingerprint density at radius 2 is 2.15 bits per heavy atom. The molecule has 2 amide bonds. The van der Waals surface area contributed by atoms with E-state index < -0.39 is 0 Å². The summed E-state index contributed by atoms with van der Waals surface area (Å²) in [6.07, 6.45) is 5.93. The van der Waals surface area contributed by atoms with Gasteiger partial charge in [0, 0.05) is 50.4 Å². The van der Waals surface area contributed by atoms with Crippen LogP contribution < -0.4 is 16.0 Å². The number of nitrogens with zero attached hydrogens (tertiary/aromatic N) is 2. The Kier molecular flexibility index (Phi) is 4.94. The summed E-state index contributed by atoms with van der Waals surface area (Å²) in [5.41, 5.74) is 2.65. The Balaban J connectivity index is 1.36. The molecule has 0 unspecified atom stereocenters. The van der Waals surface area contributed by atoms with Gasteiger partial charge < -0.3 is 16.0 Å². The predicted molar refractivity (Wildman–Crippen MR) is 101 cm³/mol. The van der Waals surface area contributed by atoms with Crippen molar-refractivity contribution in [3.8, 4) is 0 Å². The van der Waals surface area contributed by atoms with Crippen LogP contribution in [0.1, 0.15) is 40.2 Å². The molecule has 2 atom stereocenters. The van der Waals surface area contributed by atoms with Crippen LogP contribution in [0.3, 0.4) is 0 Å². The van der Waals surface area contributed by atoms with Crippen molar-refractivity contribution in [3.63, 3.8) is 0 Å². The first kappa shape index (κ1) is 17.7. The monoisotopic (exact) mass is 367 g/mol. The van der Waals surface area contributed by atoms with E-state index in [0.717, 1.165) is 30.5 Å².